The number of hydrogen-bond donors (Lipinski definition) is 1. The van der Waals surface area contributed by atoms with Crippen molar-refractivity contribution in [3.8, 4) is 0 Å². The lowest BCUT2D eigenvalue weighted by molar-refractivity contribution is -0.121. The van der Waals surface area contributed by atoms with Gasteiger partial charge in [-0.1, -0.05) is 44.5 Å². The van der Waals surface area contributed by atoms with Gasteiger partial charge in [-0.15, -0.1) is 0 Å². The van der Waals surface area contributed by atoms with Crippen LogP contribution in [0.4, 0.5) is 5.69 Å². The maximum Gasteiger partial charge on any atom is 0.262 e. The van der Waals surface area contributed by atoms with Gasteiger partial charge in [0.05, 0.1) is 24.3 Å². The first-order valence-corrected chi connectivity index (χ1v) is 11.2. The molecule has 3 amide bonds. The maximum absolute atomic E-state index is 13.3. The van der Waals surface area contributed by atoms with Crippen LogP contribution in [0.3, 0.4) is 0 Å². The van der Waals surface area contributed by atoms with E-state index in [1.54, 1.807) is 24.3 Å². The van der Waals surface area contributed by atoms with Crippen LogP contribution < -0.4 is 5.32 Å². The first kappa shape index (κ1) is 22.2. The number of rotatable bonds is 7. The molecule has 0 aromatic heterocycles. The number of imide groups is 1. The van der Waals surface area contributed by atoms with Crippen LogP contribution in [0.1, 0.15) is 46.5 Å². The molecular weight excluding hydrogens is 406 g/mol. The summed E-state index contributed by atoms with van der Waals surface area (Å²) in [7, 11) is 0. The highest BCUT2D eigenvalue weighted by Gasteiger charge is 2.44. The lowest BCUT2D eigenvalue weighted by atomic mass is 9.96. The van der Waals surface area contributed by atoms with Crippen LogP contribution in [0.2, 0.25) is 0 Å². The van der Waals surface area contributed by atoms with Crippen LogP contribution in [0, 0.1) is 5.92 Å². The summed E-state index contributed by atoms with van der Waals surface area (Å²) in [5, 5.41) is 2.91. The number of hydrogen-bond acceptors (Lipinski definition) is 5. The summed E-state index contributed by atoms with van der Waals surface area (Å²) < 4.78 is 5.39. The Hall–Kier alpha value is -3.03. The molecule has 1 fully saturated rings. The molecule has 2 aromatic rings. The Morgan fingerprint density at radius 2 is 1.59 bits per heavy atom. The zero-order chi connectivity index (χ0) is 22.7. The van der Waals surface area contributed by atoms with Crippen molar-refractivity contribution in [3.05, 3.63) is 65.2 Å². The standard InChI is InChI=1S/C25H29N3O4/c1-3-17(2)22(28-24(30)20-6-4-5-7-21(20)25(28)31)23(29)26-19-10-8-18(9-11-19)16-27-12-14-32-15-13-27/h4-11,17,22H,3,12-16H2,1-2H3,(H,26,29). The first-order chi connectivity index (χ1) is 15.5. The van der Waals surface area contributed by atoms with Gasteiger partial charge in [-0.2, -0.15) is 0 Å². The molecule has 32 heavy (non-hydrogen) atoms. The van der Waals surface area contributed by atoms with E-state index in [1.165, 1.54) is 0 Å². The van der Waals surface area contributed by atoms with Crippen molar-refractivity contribution in [1.29, 1.82) is 0 Å². The Kier molecular flexibility index (Phi) is 6.67. The summed E-state index contributed by atoms with van der Waals surface area (Å²) in [4.78, 5) is 42.7. The number of morpholine rings is 1. The number of ether oxygens (including phenoxy) is 1. The summed E-state index contributed by atoms with van der Waals surface area (Å²) in [5.74, 6) is -1.36. The van der Waals surface area contributed by atoms with E-state index in [-0.39, 0.29) is 11.8 Å². The molecule has 2 aromatic carbocycles. The molecule has 0 aliphatic carbocycles. The van der Waals surface area contributed by atoms with E-state index in [0.717, 1.165) is 43.3 Å². The fraction of sp³-hybridized carbons (Fsp3) is 0.400. The zero-order valence-electron chi connectivity index (χ0n) is 18.5. The van der Waals surface area contributed by atoms with Gasteiger partial charge < -0.3 is 10.1 Å². The van der Waals surface area contributed by atoms with Gasteiger partial charge >= 0.3 is 0 Å². The Morgan fingerprint density at radius 3 is 2.16 bits per heavy atom. The lowest BCUT2D eigenvalue weighted by Crippen LogP contribution is -2.50. The molecule has 2 heterocycles. The van der Waals surface area contributed by atoms with Crippen molar-refractivity contribution >= 4 is 23.4 Å². The van der Waals surface area contributed by atoms with Crippen LogP contribution in [-0.4, -0.2) is 59.9 Å². The maximum atomic E-state index is 13.3. The average molecular weight is 436 g/mol. The third-order valence-corrected chi connectivity index (χ3v) is 6.29. The van der Waals surface area contributed by atoms with Crippen molar-refractivity contribution < 1.29 is 19.1 Å². The molecular formula is C25H29N3O4. The van der Waals surface area contributed by atoms with Gasteiger partial charge in [-0.3, -0.25) is 24.2 Å². The summed E-state index contributed by atoms with van der Waals surface area (Å²) in [6.45, 7) is 8.00. The number of amides is 3. The molecule has 168 valence electrons. The average Bonchev–Trinajstić information content (AvgIpc) is 3.06. The van der Waals surface area contributed by atoms with E-state index in [4.69, 9.17) is 4.74 Å². The minimum Gasteiger partial charge on any atom is -0.379 e. The van der Waals surface area contributed by atoms with Crippen LogP contribution in [0.15, 0.2) is 48.5 Å². The van der Waals surface area contributed by atoms with Gasteiger partial charge in [0, 0.05) is 25.3 Å². The van der Waals surface area contributed by atoms with Crippen molar-refractivity contribution in [2.24, 2.45) is 5.92 Å². The molecule has 0 bridgehead atoms. The second-order valence-corrected chi connectivity index (χ2v) is 8.43. The first-order valence-electron chi connectivity index (χ1n) is 11.2. The molecule has 7 heteroatoms. The molecule has 4 rings (SSSR count). The van der Waals surface area contributed by atoms with Crippen LogP contribution >= 0.6 is 0 Å². The van der Waals surface area contributed by atoms with Gasteiger partial charge in [0.2, 0.25) is 5.91 Å². The van der Waals surface area contributed by atoms with Gasteiger partial charge in [0.25, 0.3) is 11.8 Å². The molecule has 1 saturated heterocycles. The molecule has 0 spiro atoms. The topological polar surface area (TPSA) is 79.0 Å². The predicted octanol–water partition coefficient (Wildman–Crippen LogP) is 3.17. The Bertz CT molecular complexity index is 964. The van der Waals surface area contributed by atoms with Crippen molar-refractivity contribution in [3.63, 3.8) is 0 Å². The third kappa shape index (κ3) is 4.45. The molecule has 2 atom stereocenters. The third-order valence-electron chi connectivity index (χ3n) is 6.29. The van der Waals surface area contributed by atoms with Crippen LogP contribution in [0.25, 0.3) is 0 Å². The van der Waals surface area contributed by atoms with Gasteiger partial charge in [-0.25, -0.2) is 0 Å². The number of carbonyl (C=O) groups is 3. The van der Waals surface area contributed by atoms with Gasteiger partial charge in [-0.05, 0) is 35.7 Å². The van der Waals surface area contributed by atoms with Crippen molar-refractivity contribution in [2.75, 3.05) is 31.6 Å². The summed E-state index contributed by atoms with van der Waals surface area (Å²) >= 11 is 0. The normalized spacial score (nSPS) is 18.4. The highest BCUT2D eigenvalue weighted by atomic mass is 16.5. The largest absolute Gasteiger partial charge is 0.379 e. The monoisotopic (exact) mass is 435 g/mol. The fourth-order valence-corrected chi connectivity index (χ4v) is 4.24. The lowest BCUT2D eigenvalue weighted by Gasteiger charge is -2.29. The minimum absolute atomic E-state index is 0.183. The summed E-state index contributed by atoms with van der Waals surface area (Å²) in [6.07, 6.45) is 0.657. The van der Waals surface area contributed by atoms with Crippen LogP contribution in [0.5, 0.6) is 0 Å². The van der Waals surface area contributed by atoms with E-state index in [0.29, 0.717) is 23.2 Å². The highest BCUT2D eigenvalue weighted by Crippen LogP contribution is 2.29. The Balaban J connectivity index is 1.48. The number of benzene rings is 2. The van der Waals surface area contributed by atoms with E-state index in [9.17, 15) is 14.4 Å². The Labute approximate surface area is 188 Å². The quantitative estimate of drug-likeness (QED) is 0.676. The SMILES string of the molecule is CCC(C)C(C(=O)Nc1ccc(CN2CCOCC2)cc1)N1C(=O)c2ccccc2C1=O. The summed E-state index contributed by atoms with van der Waals surface area (Å²) in [5.41, 5.74) is 2.51. The molecule has 1 N–H and O–H groups in total. The summed E-state index contributed by atoms with van der Waals surface area (Å²) in [6, 6.07) is 13.6. The number of nitrogens with zero attached hydrogens (tertiary/aromatic N) is 2. The number of nitrogens with one attached hydrogen (secondary N) is 1. The second-order valence-electron chi connectivity index (χ2n) is 8.43. The van der Waals surface area contributed by atoms with E-state index in [2.05, 4.69) is 10.2 Å². The molecule has 7 nitrogen and oxygen atoms in total. The smallest absolute Gasteiger partial charge is 0.262 e. The molecule has 2 aliphatic rings. The minimum atomic E-state index is -0.875. The Morgan fingerprint density at radius 1 is 1.00 bits per heavy atom. The predicted molar refractivity (Wildman–Crippen MR) is 121 cm³/mol. The zero-order valence-corrected chi connectivity index (χ0v) is 18.5. The second kappa shape index (κ2) is 9.63. The van der Waals surface area contributed by atoms with Crippen molar-refractivity contribution in [1.82, 2.24) is 9.80 Å². The van der Waals surface area contributed by atoms with E-state index in [1.807, 2.05) is 38.1 Å². The van der Waals surface area contributed by atoms with E-state index < -0.39 is 17.9 Å². The number of anilines is 1. The molecule has 0 radical (unpaired) electrons. The number of carbonyl (C=O) groups excluding carboxylic acids is 3. The van der Waals surface area contributed by atoms with Crippen molar-refractivity contribution in [2.45, 2.75) is 32.9 Å². The van der Waals surface area contributed by atoms with Crippen LogP contribution in [-0.2, 0) is 16.1 Å². The molecule has 2 unspecified atom stereocenters. The number of fused-ring (bicyclic) bond motifs is 1. The molecule has 2 aliphatic heterocycles. The van der Waals surface area contributed by atoms with Gasteiger partial charge in [0.1, 0.15) is 6.04 Å². The highest BCUT2D eigenvalue weighted by molar-refractivity contribution is 6.23. The van der Waals surface area contributed by atoms with E-state index >= 15 is 0 Å². The fourth-order valence-electron chi connectivity index (χ4n) is 4.24. The molecule has 0 saturated carbocycles. The van der Waals surface area contributed by atoms with Gasteiger partial charge in [0.15, 0.2) is 0 Å².